The maximum atomic E-state index is 12.5. The lowest BCUT2D eigenvalue weighted by Gasteiger charge is -2.20. The van der Waals surface area contributed by atoms with Gasteiger partial charge < -0.3 is 10.2 Å². The zero-order chi connectivity index (χ0) is 21.3. The van der Waals surface area contributed by atoms with Gasteiger partial charge in [-0.05, 0) is 43.7 Å². The molecule has 0 atom stereocenters. The largest absolute Gasteiger partial charge is 0.357 e. The third-order valence-electron chi connectivity index (χ3n) is 4.46. The van der Waals surface area contributed by atoms with Crippen LogP contribution in [0.3, 0.4) is 0 Å². The zero-order valence-electron chi connectivity index (χ0n) is 17.0. The molecule has 0 radical (unpaired) electrons. The molecule has 0 aliphatic rings. The molecule has 0 fully saturated rings. The Morgan fingerprint density at radius 3 is 2.67 bits per heavy atom. The number of thioether (sulfide) groups is 1. The molecule has 156 valence electrons. The van der Waals surface area contributed by atoms with Crippen molar-refractivity contribution in [3.8, 4) is 0 Å². The van der Waals surface area contributed by atoms with E-state index < -0.39 is 0 Å². The van der Waals surface area contributed by atoms with Crippen molar-refractivity contribution >= 4 is 35.1 Å². The first-order valence-electron chi connectivity index (χ1n) is 9.78. The quantitative estimate of drug-likeness (QED) is 0.297. The zero-order valence-corrected chi connectivity index (χ0v) is 18.6. The first-order chi connectivity index (χ1) is 14.6. The highest BCUT2D eigenvalue weighted by atomic mass is 35.5. The predicted octanol–water partition coefficient (Wildman–Crippen LogP) is 4.59. The molecule has 8 heteroatoms. The molecular weight excluding hydrogens is 418 g/mol. The number of halogens is 1. The molecule has 3 rings (SSSR count). The number of hydrogen-bond acceptors (Lipinski definition) is 6. The fourth-order valence-electron chi connectivity index (χ4n) is 2.89. The Labute approximate surface area is 186 Å². The molecule has 0 aliphatic heterocycles. The van der Waals surface area contributed by atoms with Crippen molar-refractivity contribution in [3.63, 3.8) is 0 Å². The summed E-state index contributed by atoms with van der Waals surface area (Å²) in [5.41, 5.74) is 2.44. The number of anilines is 1. The Morgan fingerprint density at radius 1 is 1.10 bits per heavy atom. The van der Waals surface area contributed by atoms with Crippen LogP contribution in [0.15, 0.2) is 59.9 Å². The summed E-state index contributed by atoms with van der Waals surface area (Å²) in [7, 11) is 0. The van der Waals surface area contributed by atoms with Crippen molar-refractivity contribution < 1.29 is 4.79 Å². The van der Waals surface area contributed by atoms with Gasteiger partial charge in [0, 0.05) is 36.7 Å². The molecule has 30 heavy (non-hydrogen) atoms. The topological polar surface area (TPSA) is 71.0 Å². The lowest BCUT2D eigenvalue weighted by molar-refractivity contribution is 0.0950. The van der Waals surface area contributed by atoms with Crippen LogP contribution in [0.5, 0.6) is 0 Å². The third-order valence-corrected chi connectivity index (χ3v) is 5.57. The molecule has 3 aromatic rings. The summed E-state index contributed by atoms with van der Waals surface area (Å²) < 4.78 is 0. The van der Waals surface area contributed by atoms with Crippen LogP contribution in [-0.4, -0.2) is 33.9 Å². The average molecular weight is 442 g/mol. The number of rotatable bonds is 9. The van der Waals surface area contributed by atoms with Crippen LogP contribution in [-0.2, 0) is 12.3 Å². The lowest BCUT2D eigenvalue weighted by atomic mass is 10.1. The molecule has 2 aromatic heterocycles. The maximum Gasteiger partial charge on any atom is 0.251 e. The van der Waals surface area contributed by atoms with E-state index in [0.717, 1.165) is 30.2 Å². The van der Waals surface area contributed by atoms with Crippen LogP contribution < -0.4 is 10.2 Å². The number of hydrogen-bond donors (Lipinski definition) is 1. The van der Waals surface area contributed by atoms with Crippen LogP contribution in [0, 0.1) is 0 Å². The lowest BCUT2D eigenvalue weighted by Crippen LogP contribution is -2.23. The molecule has 1 amide bonds. The monoisotopic (exact) mass is 441 g/mol. The Morgan fingerprint density at radius 2 is 1.93 bits per heavy atom. The highest BCUT2D eigenvalue weighted by Crippen LogP contribution is 2.25. The summed E-state index contributed by atoms with van der Waals surface area (Å²) in [6.45, 7) is 6.25. The Hall–Kier alpha value is -2.64. The number of benzene rings is 1. The van der Waals surface area contributed by atoms with Crippen molar-refractivity contribution in [1.82, 2.24) is 20.3 Å². The number of pyridine rings is 1. The van der Waals surface area contributed by atoms with Gasteiger partial charge in [-0.3, -0.25) is 9.78 Å². The summed E-state index contributed by atoms with van der Waals surface area (Å²) in [4.78, 5) is 27.8. The van der Waals surface area contributed by atoms with Crippen molar-refractivity contribution in [3.05, 3.63) is 76.7 Å². The molecule has 1 N–H and O–H groups in total. The average Bonchev–Trinajstić information content (AvgIpc) is 2.77. The molecule has 2 heterocycles. The van der Waals surface area contributed by atoms with Gasteiger partial charge in [0.15, 0.2) is 5.16 Å². The summed E-state index contributed by atoms with van der Waals surface area (Å²) in [6.07, 6.45) is 1.71. The number of carbonyl (C=O) groups excluding carboxylic acids is 1. The van der Waals surface area contributed by atoms with Gasteiger partial charge in [-0.1, -0.05) is 41.6 Å². The smallest absolute Gasteiger partial charge is 0.251 e. The van der Waals surface area contributed by atoms with Crippen molar-refractivity contribution in [2.24, 2.45) is 0 Å². The van der Waals surface area contributed by atoms with E-state index in [2.05, 4.69) is 39.0 Å². The first-order valence-corrected chi connectivity index (χ1v) is 11.1. The molecule has 6 nitrogen and oxygen atoms in total. The minimum Gasteiger partial charge on any atom is -0.357 e. The molecular formula is C22H24ClN5OS. The Balaban J connectivity index is 1.63. The molecule has 0 spiro atoms. The van der Waals surface area contributed by atoms with Crippen LogP contribution >= 0.6 is 23.4 Å². The normalized spacial score (nSPS) is 10.6. The molecule has 0 saturated heterocycles. The highest BCUT2D eigenvalue weighted by molar-refractivity contribution is 7.98. The van der Waals surface area contributed by atoms with E-state index in [1.165, 1.54) is 11.8 Å². The molecule has 0 unspecified atom stereocenters. The van der Waals surface area contributed by atoms with Gasteiger partial charge in [0.05, 0.1) is 12.2 Å². The molecule has 0 saturated carbocycles. The van der Waals surface area contributed by atoms with Gasteiger partial charge in [-0.2, -0.15) is 0 Å². The summed E-state index contributed by atoms with van der Waals surface area (Å²) >= 11 is 7.69. The first kappa shape index (κ1) is 22.1. The van der Waals surface area contributed by atoms with E-state index in [9.17, 15) is 4.79 Å². The van der Waals surface area contributed by atoms with Gasteiger partial charge in [-0.25, -0.2) is 9.97 Å². The molecule has 1 aromatic carbocycles. The second-order valence-electron chi connectivity index (χ2n) is 6.50. The minimum atomic E-state index is -0.129. The Kier molecular flexibility index (Phi) is 8.04. The fraction of sp³-hybridized carbons (Fsp3) is 0.273. The number of amides is 1. The van der Waals surface area contributed by atoms with Crippen molar-refractivity contribution in [1.29, 1.82) is 0 Å². The number of nitrogens with zero attached hydrogens (tertiary/aromatic N) is 4. The van der Waals surface area contributed by atoms with E-state index in [0.29, 0.717) is 28.2 Å². The Bertz CT molecular complexity index is 982. The van der Waals surface area contributed by atoms with E-state index in [-0.39, 0.29) is 5.91 Å². The van der Waals surface area contributed by atoms with Gasteiger partial charge in [-0.15, -0.1) is 0 Å². The SMILES string of the molecule is CCN(CC)c1cc(Cl)nc(SCc2cccc(C(=O)NCc3ccccn3)c2)n1. The van der Waals surface area contributed by atoms with Crippen molar-refractivity contribution in [2.75, 3.05) is 18.0 Å². The van der Waals surface area contributed by atoms with Crippen molar-refractivity contribution in [2.45, 2.75) is 31.3 Å². The predicted molar refractivity (Wildman–Crippen MR) is 122 cm³/mol. The van der Waals surface area contributed by atoms with Gasteiger partial charge in [0.25, 0.3) is 5.91 Å². The van der Waals surface area contributed by atoms with E-state index in [1.54, 1.807) is 18.3 Å². The van der Waals surface area contributed by atoms with E-state index in [1.807, 2.05) is 36.4 Å². The van der Waals surface area contributed by atoms with Crippen LogP contribution in [0.4, 0.5) is 5.82 Å². The van der Waals surface area contributed by atoms with Gasteiger partial charge in [0.2, 0.25) is 0 Å². The van der Waals surface area contributed by atoms with E-state index >= 15 is 0 Å². The summed E-state index contributed by atoms with van der Waals surface area (Å²) in [5.74, 6) is 1.33. The van der Waals surface area contributed by atoms with Crippen LogP contribution in [0.25, 0.3) is 0 Å². The number of nitrogens with one attached hydrogen (secondary N) is 1. The fourth-order valence-corrected chi connectivity index (χ4v) is 3.91. The number of carbonyl (C=O) groups is 1. The van der Waals surface area contributed by atoms with Crippen LogP contribution in [0.1, 0.15) is 35.5 Å². The standard InChI is InChI=1S/C22H24ClN5OS/c1-3-28(4-2)20-13-19(23)26-22(27-20)30-15-16-8-7-9-17(12-16)21(29)25-14-18-10-5-6-11-24-18/h5-13H,3-4,14-15H2,1-2H3,(H,25,29). The minimum absolute atomic E-state index is 0.129. The molecule has 0 bridgehead atoms. The number of aromatic nitrogens is 3. The second kappa shape index (κ2) is 10.9. The maximum absolute atomic E-state index is 12.5. The van der Waals surface area contributed by atoms with Crippen LogP contribution in [0.2, 0.25) is 5.15 Å². The molecule has 0 aliphatic carbocycles. The van der Waals surface area contributed by atoms with Gasteiger partial charge >= 0.3 is 0 Å². The van der Waals surface area contributed by atoms with E-state index in [4.69, 9.17) is 11.6 Å². The highest BCUT2D eigenvalue weighted by Gasteiger charge is 2.10. The summed E-state index contributed by atoms with van der Waals surface area (Å²) in [5, 5.41) is 3.95. The van der Waals surface area contributed by atoms with Gasteiger partial charge in [0.1, 0.15) is 11.0 Å². The second-order valence-corrected chi connectivity index (χ2v) is 7.83. The summed E-state index contributed by atoms with van der Waals surface area (Å²) in [6, 6.07) is 15.0. The third kappa shape index (κ3) is 6.18.